The van der Waals surface area contributed by atoms with E-state index in [0.29, 0.717) is 19.5 Å². The number of methoxy groups -OCH3 is 1. The van der Waals surface area contributed by atoms with Gasteiger partial charge < -0.3 is 9.84 Å². The molecule has 5 rings (SSSR count). The van der Waals surface area contributed by atoms with Crippen molar-refractivity contribution in [3.63, 3.8) is 0 Å². The van der Waals surface area contributed by atoms with E-state index in [1.165, 1.54) is 23.8 Å². The Hall–Kier alpha value is -3.25. The largest absolute Gasteiger partial charge is 0.468 e. The van der Waals surface area contributed by atoms with Crippen molar-refractivity contribution in [2.75, 3.05) is 33.3 Å². The fraction of sp³-hybridized carbons (Fsp3) is 0.344. The number of aliphatic hydroxyl groups is 1. The van der Waals surface area contributed by atoms with E-state index in [4.69, 9.17) is 4.74 Å². The van der Waals surface area contributed by atoms with E-state index in [9.17, 15) is 9.90 Å². The van der Waals surface area contributed by atoms with Crippen molar-refractivity contribution in [1.82, 2.24) is 9.80 Å². The highest BCUT2D eigenvalue weighted by atomic mass is 16.5. The van der Waals surface area contributed by atoms with E-state index in [1.54, 1.807) is 0 Å². The highest BCUT2D eigenvalue weighted by Crippen LogP contribution is 2.44. The normalized spacial score (nSPS) is 22.3. The molecule has 2 heterocycles. The van der Waals surface area contributed by atoms with Gasteiger partial charge in [-0.3, -0.25) is 14.6 Å². The van der Waals surface area contributed by atoms with E-state index in [2.05, 4.69) is 107 Å². The first kappa shape index (κ1) is 25.4. The number of likely N-dealkylation sites (tertiary alicyclic amines) is 2. The number of benzene rings is 3. The van der Waals surface area contributed by atoms with Gasteiger partial charge in [0.2, 0.25) is 0 Å². The van der Waals surface area contributed by atoms with Crippen LogP contribution in [0.15, 0.2) is 103 Å². The van der Waals surface area contributed by atoms with Gasteiger partial charge in [-0.1, -0.05) is 97.1 Å². The number of carbonyl (C=O) groups is 1. The van der Waals surface area contributed by atoms with Gasteiger partial charge in [0, 0.05) is 19.6 Å². The minimum absolute atomic E-state index is 0.169. The first-order valence-corrected chi connectivity index (χ1v) is 13.2. The van der Waals surface area contributed by atoms with Crippen molar-refractivity contribution < 1.29 is 14.6 Å². The van der Waals surface area contributed by atoms with E-state index in [0.717, 1.165) is 31.5 Å². The van der Waals surface area contributed by atoms with E-state index in [-0.39, 0.29) is 12.0 Å². The first-order valence-electron chi connectivity index (χ1n) is 13.2. The fourth-order valence-corrected chi connectivity index (χ4v) is 6.12. The van der Waals surface area contributed by atoms with Crippen LogP contribution >= 0.6 is 0 Å². The Morgan fingerprint density at radius 2 is 1.43 bits per heavy atom. The van der Waals surface area contributed by atoms with Gasteiger partial charge in [-0.25, -0.2) is 0 Å². The Labute approximate surface area is 220 Å². The number of piperidine rings is 1. The van der Waals surface area contributed by atoms with Gasteiger partial charge in [0.25, 0.3) is 0 Å². The Bertz CT molecular complexity index is 1100. The molecule has 192 valence electrons. The number of hydrogen-bond acceptors (Lipinski definition) is 5. The van der Waals surface area contributed by atoms with Crippen LogP contribution in [0.1, 0.15) is 36.0 Å². The lowest BCUT2D eigenvalue weighted by molar-refractivity contribution is -0.145. The third kappa shape index (κ3) is 4.99. The summed E-state index contributed by atoms with van der Waals surface area (Å²) in [5, 5.41) is 11.1. The number of aliphatic hydroxyl groups excluding tert-OH is 1. The molecular weight excluding hydrogens is 460 g/mol. The van der Waals surface area contributed by atoms with Gasteiger partial charge in [0.05, 0.1) is 18.8 Å². The van der Waals surface area contributed by atoms with Crippen LogP contribution in [0.4, 0.5) is 0 Å². The second-order valence-corrected chi connectivity index (χ2v) is 9.99. The van der Waals surface area contributed by atoms with Crippen LogP contribution in [0.25, 0.3) is 0 Å². The Kier molecular flexibility index (Phi) is 7.85. The molecule has 0 saturated carbocycles. The molecule has 2 aliphatic rings. The van der Waals surface area contributed by atoms with E-state index >= 15 is 0 Å². The summed E-state index contributed by atoms with van der Waals surface area (Å²) in [7, 11) is 1.45. The minimum atomic E-state index is -0.509. The van der Waals surface area contributed by atoms with Crippen molar-refractivity contribution in [3.8, 4) is 0 Å². The zero-order valence-electron chi connectivity index (χ0n) is 21.5. The molecule has 0 aliphatic carbocycles. The van der Waals surface area contributed by atoms with Crippen LogP contribution in [-0.2, 0) is 15.1 Å². The maximum absolute atomic E-state index is 12.3. The van der Waals surface area contributed by atoms with Crippen molar-refractivity contribution in [1.29, 1.82) is 0 Å². The summed E-state index contributed by atoms with van der Waals surface area (Å²) >= 11 is 0. The van der Waals surface area contributed by atoms with Crippen LogP contribution < -0.4 is 0 Å². The summed E-state index contributed by atoms with van der Waals surface area (Å²) in [6.45, 7) is 2.89. The topological polar surface area (TPSA) is 53.0 Å². The molecule has 1 N–H and O–H groups in total. The molecule has 0 radical (unpaired) electrons. The maximum atomic E-state index is 12.3. The SMILES string of the molecule is COC(=O)[C@@H]1CCCN1CC=C1CN(C(c2ccccc2)(c2ccccc2)c2ccccc2)CCC1O. The van der Waals surface area contributed by atoms with Gasteiger partial charge in [-0.2, -0.15) is 0 Å². The third-order valence-electron chi connectivity index (χ3n) is 7.95. The molecule has 2 atom stereocenters. The quantitative estimate of drug-likeness (QED) is 0.294. The number of esters is 1. The number of rotatable bonds is 7. The van der Waals surface area contributed by atoms with E-state index < -0.39 is 11.6 Å². The van der Waals surface area contributed by atoms with Gasteiger partial charge >= 0.3 is 5.97 Å². The van der Waals surface area contributed by atoms with Crippen LogP contribution in [-0.4, -0.2) is 66.3 Å². The van der Waals surface area contributed by atoms with Gasteiger partial charge in [-0.15, -0.1) is 0 Å². The Morgan fingerprint density at radius 1 is 0.892 bits per heavy atom. The lowest BCUT2D eigenvalue weighted by Gasteiger charge is -2.48. The standard InChI is InChI=1S/C32H36N2O3/c1-37-31(36)29-18-11-21-33(29)22-19-25-24-34(23-20-30(25)35)32(26-12-5-2-6-13-26,27-14-7-3-8-15-27)28-16-9-4-10-17-28/h2-10,12-17,19,29-30,35H,11,18,20-24H2,1H3/t29-,30?/m0/s1. The molecule has 0 aromatic heterocycles. The van der Waals surface area contributed by atoms with Crippen LogP contribution in [0, 0.1) is 0 Å². The van der Waals surface area contributed by atoms with Crippen LogP contribution in [0.2, 0.25) is 0 Å². The highest BCUT2D eigenvalue weighted by Gasteiger charge is 2.44. The average molecular weight is 497 g/mol. The maximum Gasteiger partial charge on any atom is 0.323 e. The van der Waals surface area contributed by atoms with Gasteiger partial charge in [0.1, 0.15) is 6.04 Å². The summed E-state index contributed by atoms with van der Waals surface area (Å²) in [5.74, 6) is -0.169. The third-order valence-corrected chi connectivity index (χ3v) is 7.95. The number of nitrogens with zero attached hydrogens (tertiary/aromatic N) is 2. The number of ether oxygens (including phenoxy) is 1. The molecule has 0 spiro atoms. The van der Waals surface area contributed by atoms with E-state index in [1.807, 2.05) is 0 Å². The fourth-order valence-electron chi connectivity index (χ4n) is 6.12. The first-order chi connectivity index (χ1) is 18.1. The summed E-state index contributed by atoms with van der Waals surface area (Å²) in [5.41, 5.74) is 4.11. The summed E-state index contributed by atoms with van der Waals surface area (Å²) in [6.07, 6.45) is 4.11. The molecule has 1 unspecified atom stereocenters. The minimum Gasteiger partial charge on any atom is -0.468 e. The molecule has 2 saturated heterocycles. The summed E-state index contributed by atoms with van der Waals surface area (Å²) < 4.78 is 5.03. The molecule has 5 heteroatoms. The molecule has 2 aliphatic heterocycles. The zero-order valence-corrected chi connectivity index (χ0v) is 21.5. The average Bonchev–Trinajstić information content (AvgIpc) is 3.43. The number of hydrogen-bond donors (Lipinski definition) is 1. The summed E-state index contributed by atoms with van der Waals surface area (Å²) in [4.78, 5) is 16.9. The smallest absolute Gasteiger partial charge is 0.323 e. The van der Waals surface area contributed by atoms with Crippen LogP contribution in [0.3, 0.4) is 0 Å². The highest BCUT2D eigenvalue weighted by molar-refractivity contribution is 5.76. The molecule has 5 nitrogen and oxygen atoms in total. The second-order valence-electron chi connectivity index (χ2n) is 9.99. The van der Waals surface area contributed by atoms with Gasteiger partial charge in [0.15, 0.2) is 0 Å². The van der Waals surface area contributed by atoms with Crippen LogP contribution in [0.5, 0.6) is 0 Å². The predicted molar refractivity (Wildman–Crippen MR) is 146 cm³/mol. The molecular formula is C32H36N2O3. The lowest BCUT2D eigenvalue weighted by Crippen LogP contribution is -2.53. The zero-order chi connectivity index (χ0) is 25.7. The molecule has 0 amide bonds. The lowest BCUT2D eigenvalue weighted by atomic mass is 9.74. The molecule has 3 aromatic carbocycles. The molecule has 3 aromatic rings. The van der Waals surface area contributed by atoms with Crippen molar-refractivity contribution in [2.24, 2.45) is 0 Å². The van der Waals surface area contributed by atoms with Crippen molar-refractivity contribution in [2.45, 2.75) is 36.9 Å². The monoisotopic (exact) mass is 496 g/mol. The summed E-state index contributed by atoms with van der Waals surface area (Å²) in [6, 6.07) is 31.8. The second kappa shape index (κ2) is 11.4. The number of carbonyl (C=O) groups excluding carboxylic acids is 1. The van der Waals surface area contributed by atoms with Crippen molar-refractivity contribution >= 4 is 5.97 Å². The molecule has 0 bridgehead atoms. The predicted octanol–water partition coefficient (Wildman–Crippen LogP) is 4.61. The molecule has 37 heavy (non-hydrogen) atoms. The Balaban J connectivity index is 1.55. The van der Waals surface area contributed by atoms with Crippen molar-refractivity contribution in [3.05, 3.63) is 119 Å². The Morgan fingerprint density at radius 3 is 1.95 bits per heavy atom. The van der Waals surface area contributed by atoms with Gasteiger partial charge in [-0.05, 0) is 48.1 Å². The molecule has 2 fully saturated rings.